The van der Waals surface area contributed by atoms with Gasteiger partial charge in [0, 0.05) is 12.2 Å². The zero-order chi connectivity index (χ0) is 16.0. The Balaban J connectivity index is 2.55. The van der Waals surface area contributed by atoms with E-state index in [0.29, 0.717) is 11.3 Å². The van der Waals surface area contributed by atoms with Gasteiger partial charge in [0.15, 0.2) is 0 Å². The number of alkyl halides is 3. The van der Waals surface area contributed by atoms with Crippen LogP contribution in [0.1, 0.15) is 18.9 Å². The van der Waals surface area contributed by atoms with Gasteiger partial charge >= 0.3 is 6.18 Å². The first-order chi connectivity index (χ1) is 9.73. The predicted molar refractivity (Wildman–Crippen MR) is 72.6 cm³/mol. The van der Waals surface area contributed by atoms with Crippen molar-refractivity contribution < 1.29 is 18.0 Å². The molecule has 0 saturated carbocycles. The van der Waals surface area contributed by atoms with Crippen LogP contribution in [0.3, 0.4) is 0 Å². The number of nitriles is 1. The quantitative estimate of drug-likeness (QED) is 0.909. The zero-order valence-electron chi connectivity index (χ0n) is 11.7. The van der Waals surface area contributed by atoms with Crippen LogP contribution in [0.5, 0.6) is 0 Å². The second-order valence-electron chi connectivity index (χ2n) is 4.70. The molecule has 114 valence electrons. The molecule has 0 bridgehead atoms. The van der Waals surface area contributed by atoms with Gasteiger partial charge in [-0.25, -0.2) is 0 Å². The highest BCUT2D eigenvalue weighted by Crippen LogP contribution is 2.20. The van der Waals surface area contributed by atoms with Crippen LogP contribution >= 0.6 is 0 Å². The molecule has 0 saturated heterocycles. The molecule has 1 rings (SSSR count). The fourth-order valence-electron chi connectivity index (χ4n) is 1.57. The molecule has 0 aliphatic heterocycles. The van der Waals surface area contributed by atoms with Crippen molar-refractivity contribution in [1.82, 2.24) is 4.90 Å². The third kappa shape index (κ3) is 5.83. The van der Waals surface area contributed by atoms with E-state index in [4.69, 9.17) is 5.26 Å². The number of amides is 1. The molecule has 1 atom stereocenters. The van der Waals surface area contributed by atoms with E-state index in [2.05, 4.69) is 5.32 Å². The van der Waals surface area contributed by atoms with Crippen molar-refractivity contribution in [1.29, 1.82) is 5.26 Å². The Kier molecular flexibility index (Phi) is 5.73. The van der Waals surface area contributed by atoms with Gasteiger partial charge in [-0.3, -0.25) is 9.69 Å². The van der Waals surface area contributed by atoms with Gasteiger partial charge in [-0.1, -0.05) is 0 Å². The van der Waals surface area contributed by atoms with Gasteiger partial charge in [-0.2, -0.15) is 18.4 Å². The number of nitrogens with one attached hydrogen (secondary N) is 1. The summed E-state index contributed by atoms with van der Waals surface area (Å²) in [7, 11) is 1.47. The summed E-state index contributed by atoms with van der Waals surface area (Å²) in [5, 5.41) is 11.3. The Hall–Kier alpha value is -2.07. The van der Waals surface area contributed by atoms with Crippen molar-refractivity contribution in [3.8, 4) is 6.07 Å². The molecule has 0 radical (unpaired) electrons. The molecule has 1 unspecified atom stereocenters. The van der Waals surface area contributed by atoms with E-state index < -0.39 is 24.5 Å². The first-order valence-corrected chi connectivity index (χ1v) is 6.31. The standard InChI is InChI=1S/C14H16F3N3O/c1-10(20(2)8-7-14(15,16)17)13(21)19-12-5-3-11(9-18)4-6-12/h3-6,10H,7-8H2,1-2H3,(H,19,21). The molecule has 1 aromatic carbocycles. The highest BCUT2D eigenvalue weighted by molar-refractivity contribution is 5.94. The summed E-state index contributed by atoms with van der Waals surface area (Å²) in [5.74, 6) is -0.399. The summed E-state index contributed by atoms with van der Waals surface area (Å²) in [4.78, 5) is 13.3. The van der Waals surface area contributed by atoms with Gasteiger partial charge in [-0.15, -0.1) is 0 Å². The average Bonchev–Trinajstić information content (AvgIpc) is 2.43. The number of anilines is 1. The second kappa shape index (κ2) is 7.09. The van der Waals surface area contributed by atoms with Crippen molar-refractivity contribution in [2.45, 2.75) is 25.6 Å². The summed E-state index contributed by atoms with van der Waals surface area (Å²) in [6.45, 7) is 1.29. The van der Waals surface area contributed by atoms with E-state index >= 15 is 0 Å². The van der Waals surface area contributed by atoms with Crippen LogP contribution in [-0.2, 0) is 4.79 Å². The van der Waals surface area contributed by atoms with E-state index in [1.807, 2.05) is 6.07 Å². The summed E-state index contributed by atoms with van der Waals surface area (Å²) in [6, 6.07) is 7.50. The van der Waals surface area contributed by atoms with Crippen molar-refractivity contribution in [2.75, 3.05) is 18.9 Å². The maximum absolute atomic E-state index is 12.1. The molecule has 0 aliphatic carbocycles. The Bertz CT molecular complexity index is 520. The fourth-order valence-corrected chi connectivity index (χ4v) is 1.57. The number of nitrogens with zero attached hydrogens (tertiary/aromatic N) is 2. The van der Waals surface area contributed by atoms with Crippen molar-refractivity contribution >= 4 is 11.6 Å². The van der Waals surface area contributed by atoms with E-state index in [1.54, 1.807) is 24.3 Å². The lowest BCUT2D eigenvalue weighted by Gasteiger charge is -2.24. The minimum absolute atomic E-state index is 0.245. The molecule has 0 aliphatic rings. The van der Waals surface area contributed by atoms with Crippen LogP contribution in [-0.4, -0.2) is 36.6 Å². The number of hydrogen-bond acceptors (Lipinski definition) is 3. The minimum atomic E-state index is -4.24. The summed E-state index contributed by atoms with van der Waals surface area (Å²) in [5.41, 5.74) is 0.957. The smallest absolute Gasteiger partial charge is 0.325 e. The SMILES string of the molecule is CC(C(=O)Nc1ccc(C#N)cc1)N(C)CCC(F)(F)F. The topological polar surface area (TPSA) is 56.1 Å². The Morgan fingerprint density at radius 1 is 1.38 bits per heavy atom. The molecule has 7 heteroatoms. The average molecular weight is 299 g/mol. The number of halogens is 3. The molecular formula is C14H16F3N3O. The maximum Gasteiger partial charge on any atom is 0.390 e. The predicted octanol–water partition coefficient (Wildman–Crippen LogP) is 2.77. The highest BCUT2D eigenvalue weighted by atomic mass is 19.4. The number of carbonyl (C=O) groups is 1. The Morgan fingerprint density at radius 2 is 1.95 bits per heavy atom. The second-order valence-corrected chi connectivity index (χ2v) is 4.70. The largest absolute Gasteiger partial charge is 0.390 e. The first-order valence-electron chi connectivity index (χ1n) is 6.31. The third-order valence-corrected chi connectivity index (χ3v) is 3.07. The Labute approximate surface area is 121 Å². The Morgan fingerprint density at radius 3 is 2.43 bits per heavy atom. The molecule has 1 N–H and O–H groups in total. The number of hydrogen-bond donors (Lipinski definition) is 1. The maximum atomic E-state index is 12.1. The summed E-state index contributed by atoms with van der Waals surface area (Å²) >= 11 is 0. The van der Waals surface area contributed by atoms with E-state index in [-0.39, 0.29) is 6.54 Å². The number of likely N-dealkylation sites (N-methyl/N-ethyl adjacent to an activating group) is 1. The lowest BCUT2D eigenvalue weighted by Crippen LogP contribution is -2.41. The van der Waals surface area contributed by atoms with Gasteiger partial charge in [0.05, 0.1) is 24.1 Å². The van der Waals surface area contributed by atoms with Crippen LogP contribution in [0.25, 0.3) is 0 Å². The normalized spacial score (nSPS) is 12.8. The molecule has 0 aromatic heterocycles. The summed E-state index contributed by atoms with van der Waals surface area (Å²) < 4.78 is 36.4. The van der Waals surface area contributed by atoms with Crippen molar-refractivity contribution in [2.24, 2.45) is 0 Å². The molecular weight excluding hydrogens is 283 g/mol. The van der Waals surface area contributed by atoms with Crippen molar-refractivity contribution in [3.63, 3.8) is 0 Å². The first kappa shape index (κ1) is 17.0. The molecule has 0 spiro atoms. The molecule has 1 aromatic rings. The lowest BCUT2D eigenvalue weighted by molar-refractivity contribution is -0.140. The number of benzene rings is 1. The molecule has 0 heterocycles. The van der Waals surface area contributed by atoms with E-state index in [0.717, 1.165) is 0 Å². The molecule has 4 nitrogen and oxygen atoms in total. The lowest BCUT2D eigenvalue weighted by atomic mass is 10.2. The van der Waals surface area contributed by atoms with Crippen LogP contribution in [0.4, 0.5) is 18.9 Å². The zero-order valence-corrected chi connectivity index (χ0v) is 11.7. The van der Waals surface area contributed by atoms with Crippen LogP contribution in [0, 0.1) is 11.3 Å². The molecule has 21 heavy (non-hydrogen) atoms. The minimum Gasteiger partial charge on any atom is -0.325 e. The van der Waals surface area contributed by atoms with Gasteiger partial charge in [0.1, 0.15) is 0 Å². The summed E-state index contributed by atoms with van der Waals surface area (Å²) in [6.07, 6.45) is -5.20. The highest BCUT2D eigenvalue weighted by Gasteiger charge is 2.29. The fraction of sp³-hybridized carbons (Fsp3) is 0.429. The van der Waals surface area contributed by atoms with Gasteiger partial charge in [0.25, 0.3) is 0 Å². The monoisotopic (exact) mass is 299 g/mol. The third-order valence-electron chi connectivity index (χ3n) is 3.07. The van der Waals surface area contributed by atoms with Crippen LogP contribution in [0.2, 0.25) is 0 Å². The van der Waals surface area contributed by atoms with E-state index in [1.165, 1.54) is 18.9 Å². The van der Waals surface area contributed by atoms with Gasteiger partial charge in [-0.05, 0) is 38.2 Å². The van der Waals surface area contributed by atoms with Crippen LogP contribution in [0.15, 0.2) is 24.3 Å². The molecule has 1 amide bonds. The number of rotatable bonds is 5. The van der Waals surface area contributed by atoms with Crippen molar-refractivity contribution in [3.05, 3.63) is 29.8 Å². The van der Waals surface area contributed by atoms with Crippen LogP contribution < -0.4 is 5.32 Å². The molecule has 0 fully saturated rings. The van der Waals surface area contributed by atoms with E-state index in [9.17, 15) is 18.0 Å². The van der Waals surface area contributed by atoms with Gasteiger partial charge in [0.2, 0.25) is 5.91 Å². The number of carbonyl (C=O) groups excluding carboxylic acids is 1. The van der Waals surface area contributed by atoms with Gasteiger partial charge < -0.3 is 5.32 Å².